The standard InChI is InChI=1S/C11H10FNO2S/c12-11-6-5-8(7-13-16(14)15)9-3-1-2-4-10(9)11/h1-6,13H,7H2,(H,14,15). The van der Waals surface area contributed by atoms with Crippen molar-refractivity contribution in [2.45, 2.75) is 6.54 Å². The van der Waals surface area contributed by atoms with Crippen LogP contribution in [0, 0.1) is 5.82 Å². The van der Waals surface area contributed by atoms with Crippen molar-refractivity contribution in [1.82, 2.24) is 4.72 Å². The van der Waals surface area contributed by atoms with E-state index in [0.29, 0.717) is 5.39 Å². The molecular formula is C11H10FNO2S. The zero-order chi connectivity index (χ0) is 11.5. The molecule has 2 aromatic rings. The zero-order valence-electron chi connectivity index (χ0n) is 8.31. The van der Waals surface area contributed by atoms with Crippen LogP contribution in [0.2, 0.25) is 0 Å². The fourth-order valence-electron chi connectivity index (χ4n) is 1.62. The maximum absolute atomic E-state index is 13.4. The topological polar surface area (TPSA) is 49.3 Å². The van der Waals surface area contributed by atoms with Crippen LogP contribution >= 0.6 is 0 Å². The van der Waals surface area contributed by atoms with Crippen LogP contribution in [0.15, 0.2) is 36.4 Å². The Hall–Kier alpha value is -1.30. The monoisotopic (exact) mass is 239 g/mol. The van der Waals surface area contributed by atoms with Gasteiger partial charge in [0.2, 0.25) is 11.3 Å². The summed E-state index contributed by atoms with van der Waals surface area (Å²) in [7, 11) is 0. The fraction of sp³-hybridized carbons (Fsp3) is 0.0909. The first kappa shape index (κ1) is 11.2. The van der Waals surface area contributed by atoms with Gasteiger partial charge in [-0.15, -0.1) is 0 Å². The summed E-state index contributed by atoms with van der Waals surface area (Å²) in [4.78, 5) is 0. The molecule has 5 heteroatoms. The van der Waals surface area contributed by atoms with Crippen molar-refractivity contribution in [3.8, 4) is 0 Å². The highest BCUT2D eigenvalue weighted by molar-refractivity contribution is 7.77. The predicted molar refractivity (Wildman–Crippen MR) is 61.5 cm³/mol. The molecule has 0 heterocycles. The van der Waals surface area contributed by atoms with Gasteiger partial charge in [0.25, 0.3) is 0 Å². The lowest BCUT2D eigenvalue weighted by Gasteiger charge is -2.06. The Labute approximate surface area is 94.7 Å². The number of hydrogen-bond acceptors (Lipinski definition) is 1. The number of nitrogens with one attached hydrogen (secondary N) is 1. The Bertz CT molecular complexity index is 544. The molecular weight excluding hydrogens is 229 g/mol. The Morgan fingerprint density at radius 1 is 1.19 bits per heavy atom. The van der Waals surface area contributed by atoms with Gasteiger partial charge in [0, 0.05) is 11.9 Å². The van der Waals surface area contributed by atoms with Gasteiger partial charge >= 0.3 is 0 Å². The minimum absolute atomic E-state index is 0.226. The van der Waals surface area contributed by atoms with Crippen molar-refractivity contribution < 1.29 is 13.2 Å². The third-order valence-electron chi connectivity index (χ3n) is 2.35. The summed E-state index contributed by atoms with van der Waals surface area (Å²) in [5, 5.41) is 1.27. The predicted octanol–water partition coefficient (Wildman–Crippen LogP) is 2.21. The second-order valence-corrected chi connectivity index (χ2v) is 4.11. The van der Waals surface area contributed by atoms with Gasteiger partial charge in [-0.2, -0.15) is 0 Å². The van der Waals surface area contributed by atoms with Gasteiger partial charge < -0.3 is 0 Å². The Morgan fingerprint density at radius 3 is 2.56 bits per heavy atom. The Kier molecular flexibility index (Phi) is 3.28. The van der Waals surface area contributed by atoms with Crippen LogP contribution in [0.4, 0.5) is 4.39 Å². The molecule has 2 rings (SSSR count). The molecule has 0 aliphatic rings. The molecule has 0 radical (unpaired) electrons. The van der Waals surface area contributed by atoms with Crippen LogP contribution in [0.1, 0.15) is 5.56 Å². The molecule has 2 N–H and O–H groups in total. The molecule has 84 valence electrons. The van der Waals surface area contributed by atoms with Gasteiger partial charge in [0.1, 0.15) is 5.82 Å². The summed E-state index contributed by atoms with van der Waals surface area (Å²) >= 11 is -2.06. The second-order valence-electron chi connectivity index (χ2n) is 3.32. The second kappa shape index (κ2) is 4.69. The molecule has 0 aromatic heterocycles. The van der Waals surface area contributed by atoms with E-state index in [2.05, 4.69) is 4.72 Å². The van der Waals surface area contributed by atoms with Gasteiger partial charge in [0.05, 0.1) is 0 Å². The van der Waals surface area contributed by atoms with E-state index in [9.17, 15) is 8.60 Å². The lowest BCUT2D eigenvalue weighted by atomic mass is 10.0. The van der Waals surface area contributed by atoms with Crippen LogP contribution in [0.5, 0.6) is 0 Å². The molecule has 0 spiro atoms. The van der Waals surface area contributed by atoms with Crippen LogP contribution in [-0.4, -0.2) is 8.76 Å². The molecule has 0 bridgehead atoms. The SMILES string of the molecule is O=S(O)NCc1ccc(F)c2ccccc12. The minimum Gasteiger partial charge on any atom is -0.294 e. The number of hydrogen-bond donors (Lipinski definition) is 2. The first-order valence-corrected chi connectivity index (χ1v) is 5.79. The van der Waals surface area contributed by atoms with Crippen molar-refractivity contribution in [2.24, 2.45) is 0 Å². The number of benzene rings is 2. The Balaban J connectivity index is 2.46. The number of fused-ring (bicyclic) bond motifs is 1. The molecule has 3 nitrogen and oxygen atoms in total. The van der Waals surface area contributed by atoms with Crippen molar-refractivity contribution in [1.29, 1.82) is 0 Å². The molecule has 0 fully saturated rings. The molecule has 0 saturated carbocycles. The fourth-order valence-corrected chi connectivity index (χ4v) is 1.90. The van der Waals surface area contributed by atoms with Crippen LogP contribution in [0.3, 0.4) is 0 Å². The molecule has 16 heavy (non-hydrogen) atoms. The largest absolute Gasteiger partial charge is 0.294 e. The van der Waals surface area contributed by atoms with Crippen LogP contribution in [0.25, 0.3) is 10.8 Å². The third kappa shape index (κ3) is 2.27. The lowest BCUT2D eigenvalue weighted by Crippen LogP contribution is -2.15. The summed E-state index contributed by atoms with van der Waals surface area (Å²) in [6.45, 7) is 0.226. The van der Waals surface area contributed by atoms with E-state index in [1.807, 2.05) is 0 Å². The van der Waals surface area contributed by atoms with E-state index < -0.39 is 11.3 Å². The highest BCUT2D eigenvalue weighted by Crippen LogP contribution is 2.21. The number of halogens is 1. The molecule has 0 saturated heterocycles. The quantitative estimate of drug-likeness (QED) is 0.807. The summed E-state index contributed by atoms with van der Waals surface area (Å²) in [6.07, 6.45) is 0. The molecule has 1 atom stereocenters. The van der Waals surface area contributed by atoms with Gasteiger partial charge in [-0.1, -0.05) is 30.3 Å². The minimum atomic E-state index is -2.06. The van der Waals surface area contributed by atoms with E-state index >= 15 is 0 Å². The molecule has 1 unspecified atom stereocenters. The Morgan fingerprint density at radius 2 is 1.88 bits per heavy atom. The maximum Gasteiger partial charge on any atom is 0.232 e. The van der Waals surface area contributed by atoms with Crippen LogP contribution in [-0.2, 0) is 17.8 Å². The average Bonchev–Trinajstić information content (AvgIpc) is 2.28. The van der Waals surface area contributed by atoms with E-state index in [4.69, 9.17) is 4.55 Å². The zero-order valence-corrected chi connectivity index (χ0v) is 9.13. The van der Waals surface area contributed by atoms with Gasteiger partial charge in [-0.05, 0) is 17.0 Å². The highest BCUT2D eigenvalue weighted by Gasteiger charge is 2.05. The van der Waals surface area contributed by atoms with Gasteiger partial charge in [0.15, 0.2) is 0 Å². The normalized spacial score (nSPS) is 12.9. The third-order valence-corrected chi connectivity index (χ3v) is 2.74. The van der Waals surface area contributed by atoms with E-state index in [0.717, 1.165) is 10.9 Å². The smallest absolute Gasteiger partial charge is 0.232 e. The van der Waals surface area contributed by atoms with Crippen LogP contribution < -0.4 is 4.72 Å². The summed E-state index contributed by atoms with van der Waals surface area (Å²) in [5.74, 6) is -0.288. The number of rotatable bonds is 3. The summed E-state index contributed by atoms with van der Waals surface area (Å²) in [6, 6.07) is 10.0. The highest BCUT2D eigenvalue weighted by atomic mass is 32.2. The van der Waals surface area contributed by atoms with Crippen molar-refractivity contribution >= 4 is 22.0 Å². The molecule has 0 aliphatic heterocycles. The van der Waals surface area contributed by atoms with E-state index in [1.54, 1.807) is 30.3 Å². The van der Waals surface area contributed by atoms with Crippen molar-refractivity contribution in [2.75, 3.05) is 0 Å². The van der Waals surface area contributed by atoms with E-state index in [-0.39, 0.29) is 12.4 Å². The van der Waals surface area contributed by atoms with Gasteiger partial charge in [-0.3, -0.25) is 4.55 Å². The summed E-state index contributed by atoms with van der Waals surface area (Å²) in [5.41, 5.74) is 0.791. The molecule has 0 aliphatic carbocycles. The molecule has 2 aromatic carbocycles. The van der Waals surface area contributed by atoms with Crippen molar-refractivity contribution in [3.63, 3.8) is 0 Å². The maximum atomic E-state index is 13.4. The average molecular weight is 239 g/mol. The van der Waals surface area contributed by atoms with Gasteiger partial charge in [-0.25, -0.2) is 13.3 Å². The van der Waals surface area contributed by atoms with Crippen molar-refractivity contribution in [3.05, 3.63) is 47.8 Å². The molecule has 0 amide bonds. The first-order chi connectivity index (χ1) is 7.68. The van der Waals surface area contributed by atoms with E-state index in [1.165, 1.54) is 6.07 Å². The lowest BCUT2D eigenvalue weighted by molar-refractivity contribution is 0.549. The summed E-state index contributed by atoms with van der Waals surface area (Å²) < 4.78 is 34.9. The first-order valence-electron chi connectivity index (χ1n) is 4.69.